The molecule has 160 valence electrons. The first-order valence-corrected chi connectivity index (χ1v) is 11.3. The van der Waals surface area contributed by atoms with Gasteiger partial charge in [-0.2, -0.15) is 11.1 Å². The van der Waals surface area contributed by atoms with Crippen LogP contribution >= 0.6 is 24.8 Å². The molecule has 0 spiro atoms. The molecule has 0 saturated carbocycles. The van der Waals surface area contributed by atoms with Gasteiger partial charge in [-0.15, -0.1) is 107 Å². The Bertz CT molecular complexity index is 939. The quantitative estimate of drug-likeness (QED) is 0.231. The van der Waals surface area contributed by atoms with Gasteiger partial charge in [-0.3, -0.25) is 0 Å². The van der Waals surface area contributed by atoms with Gasteiger partial charge in [0, 0.05) is 0 Å². The predicted molar refractivity (Wildman–Crippen MR) is 138 cm³/mol. The summed E-state index contributed by atoms with van der Waals surface area (Å²) < 4.78 is 1.51. The summed E-state index contributed by atoms with van der Waals surface area (Å²) >= 11 is 1.55. The SMILES string of the molecule is CC(C)c1c[cH-]c2ccccc12.CC(C)c1c[cH-]c2ccccc12.C[C](C)=[Zr+2].Cl.Cl. The topological polar surface area (TPSA) is 0 Å². The molecule has 0 aromatic heterocycles. The van der Waals surface area contributed by atoms with Gasteiger partial charge in [-0.05, 0) is 0 Å². The van der Waals surface area contributed by atoms with Crippen LogP contribution in [0.5, 0.6) is 0 Å². The molecular formula is C27H34Cl2Zr. The van der Waals surface area contributed by atoms with E-state index in [9.17, 15) is 0 Å². The number of halogens is 2. The molecule has 4 aromatic rings. The van der Waals surface area contributed by atoms with E-state index in [0.29, 0.717) is 11.8 Å². The fourth-order valence-corrected chi connectivity index (χ4v) is 3.36. The van der Waals surface area contributed by atoms with Crippen molar-refractivity contribution in [3.05, 3.63) is 83.9 Å². The maximum atomic E-state index is 2.24. The maximum Gasteiger partial charge on any atom is -0.147 e. The largest absolute Gasteiger partial charge is 0.147 e. The Labute approximate surface area is 209 Å². The van der Waals surface area contributed by atoms with E-state index < -0.39 is 0 Å². The molecule has 0 heterocycles. The molecule has 3 heteroatoms. The minimum absolute atomic E-state index is 0. The van der Waals surface area contributed by atoms with Crippen molar-refractivity contribution >= 4 is 49.6 Å². The van der Waals surface area contributed by atoms with Crippen molar-refractivity contribution < 1.29 is 24.2 Å². The van der Waals surface area contributed by atoms with Gasteiger partial charge < -0.3 is 0 Å². The molecule has 0 unspecified atom stereocenters. The Balaban J connectivity index is 0.000000452. The van der Waals surface area contributed by atoms with Crippen molar-refractivity contribution in [2.75, 3.05) is 0 Å². The van der Waals surface area contributed by atoms with Crippen LogP contribution in [0.1, 0.15) is 64.5 Å². The molecular weight excluding hydrogens is 486 g/mol. The summed E-state index contributed by atoms with van der Waals surface area (Å²) in [7, 11) is 0. The molecule has 0 saturated heterocycles. The Morgan fingerprint density at radius 2 is 0.967 bits per heavy atom. The second-order valence-electron chi connectivity index (χ2n) is 8.06. The number of rotatable bonds is 2. The van der Waals surface area contributed by atoms with Crippen LogP contribution in [-0.4, -0.2) is 3.21 Å². The summed E-state index contributed by atoms with van der Waals surface area (Å²) in [5, 5.41) is 5.54. The number of benzene rings is 2. The van der Waals surface area contributed by atoms with Gasteiger partial charge in [0.15, 0.2) is 0 Å². The van der Waals surface area contributed by atoms with E-state index in [1.165, 1.54) is 35.9 Å². The molecule has 0 amide bonds. The van der Waals surface area contributed by atoms with Gasteiger partial charge in [0.05, 0.1) is 0 Å². The molecule has 4 rings (SSSR count). The van der Waals surface area contributed by atoms with Crippen molar-refractivity contribution in [3.8, 4) is 0 Å². The van der Waals surface area contributed by atoms with E-state index in [1.54, 1.807) is 24.2 Å². The molecule has 0 fully saturated rings. The standard InChI is InChI=1S/2C12H13.C3H6.2ClH.Zr/c2*1-9(2)11-8-7-10-5-3-4-6-12(10)11;1-3-2;;;/h2*3-9H,1-2H3;1-2H3;2*1H;/q2*-1;;;;+2. The van der Waals surface area contributed by atoms with Crippen LogP contribution in [0, 0.1) is 0 Å². The van der Waals surface area contributed by atoms with Crippen molar-refractivity contribution in [2.24, 2.45) is 0 Å². The van der Waals surface area contributed by atoms with Crippen LogP contribution in [0.3, 0.4) is 0 Å². The van der Waals surface area contributed by atoms with E-state index in [-0.39, 0.29) is 24.8 Å². The monoisotopic (exact) mass is 518 g/mol. The molecule has 0 aliphatic heterocycles. The molecule has 4 aromatic carbocycles. The molecule has 0 atom stereocenters. The van der Waals surface area contributed by atoms with Crippen LogP contribution in [0.4, 0.5) is 0 Å². The fraction of sp³-hybridized carbons (Fsp3) is 0.296. The summed E-state index contributed by atoms with van der Waals surface area (Å²) in [5.41, 5.74) is 2.93. The molecule has 0 nitrogen and oxygen atoms in total. The van der Waals surface area contributed by atoms with Crippen LogP contribution in [-0.2, 0) is 24.2 Å². The maximum absolute atomic E-state index is 2.24. The first kappa shape index (κ1) is 29.0. The molecule has 0 radical (unpaired) electrons. The third kappa shape index (κ3) is 8.26. The molecule has 0 N–H and O–H groups in total. The minimum Gasteiger partial charge on any atom is -0.147 e. The summed E-state index contributed by atoms with van der Waals surface area (Å²) in [5.74, 6) is 1.26. The number of hydrogen-bond donors (Lipinski definition) is 0. The Morgan fingerprint density at radius 1 is 0.667 bits per heavy atom. The Kier molecular flexibility index (Phi) is 13.7. The van der Waals surface area contributed by atoms with E-state index in [1.807, 2.05) is 0 Å². The first-order valence-electron chi connectivity index (χ1n) is 10.1. The minimum atomic E-state index is 0. The molecule has 0 aliphatic rings. The second kappa shape index (κ2) is 14.1. The van der Waals surface area contributed by atoms with Crippen molar-refractivity contribution in [2.45, 2.75) is 53.4 Å². The average Bonchev–Trinajstić information content (AvgIpc) is 3.26. The molecule has 0 bridgehead atoms. The van der Waals surface area contributed by atoms with Gasteiger partial charge >= 0.3 is 41.3 Å². The van der Waals surface area contributed by atoms with Gasteiger partial charge in [0.25, 0.3) is 0 Å². The van der Waals surface area contributed by atoms with Crippen LogP contribution in [0.25, 0.3) is 21.5 Å². The van der Waals surface area contributed by atoms with Crippen LogP contribution in [0.2, 0.25) is 0 Å². The fourth-order valence-electron chi connectivity index (χ4n) is 3.36. The summed E-state index contributed by atoms with van der Waals surface area (Å²) in [6, 6.07) is 26.0. The number of fused-ring (bicyclic) bond motifs is 2. The van der Waals surface area contributed by atoms with E-state index in [0.717, 1.165) is 0 Å². The zero-order valence-corrected chi connectivity index (χ0v) is 23.0. The van der Waals surface area contributed by atoms with E-state index in [4.69, 9.17) is 0 Å². The summed E-state index contributed by atoms with van der Waals surface area (Å²) in [4.78, 5) is 0. The number of hydrogen-bond acceptors (Lipinski definition) is 0. The van der Waals surface area contributed by atoms with Gasteiger partial charge in [-0.25, -0.2) is 0 Å². The van der Waals surface area contributed by atoms with Crippen molar-refractivity contribution in [1.82, 2.24) is 0 Å². The second-order valence-corrected chi connectivity index (χ2v) is 10.5. The third-order valence-corrected chi connectivity index (χ3v) is 4.67. The first-order chi connectivity index (χ1) is 13.3. The predicted octanol–water partition coefficient (Wildman–Crippen LogP) is 8.95. The third-order valence-electron chi connectivity index (χ3n) is 4.67. The van der Waals surface area contributed by atoms with Crippen molar-refractivity contribution in [3.63, 3.8) is 0 Å². The summed E-state index contributed by atoms with van der Waals surface area (Å²) in [6.07, 6.45) is 0. The Morgan fingerprint density at radius 3 is 1.27 bits per heavy atom. The van der Waals surface area contributed by atoms with E-state index >= 15 is 0 Å². The Hall–Kier alpha value is -1.01. The van der Waals surface area contributed by atoms with Gasteiger partial charge in [0.1, 0.15) is 0 Å². The average molecular weight is 521 g/mol. The molecule has 0 aliphatic carbocycles. The summed E-state index contributed by atoms with van der Waals surface area (Å²) in [6.45, 7) is 13.2. The van der Waals surface area contributed by atoms with Crippen molar-refractivity contribution in [1.29, 1.82) is 0 Å². The van der Waals surface area contributed by atoms with Crippen LogP contribution < -0.4 is 0 Å². The van der Waals surface area contributed by atoms with Crippen LogP contribution in [0.15, 0.2) is 72.8 Å². The normalized spacial score (nSPS) is 9.93. The zero-order chi connectivity index (χ0) is 20.7. The molecule has 30 heavy (non-hydrogen) atoms. The van der Waals surface area contributed by atoms with E-state index in [2.05, 4.69) is 114 Å². The van der Waals surface area contributed by atoms with Gasteiger partial charge in [-0.1, -0.05) is 51.7 Å². The zero-order valence-electron chi connectivity index (χ0n) is 18.9. The smallest absolute Gasteiger partial charge is 0.147 e. The van der Waals surface area contributed by atoms with Gasteiger partial charge in [0.2, 0.25) is 0 Å².